The summed E-state index contributed by atoms with van der Waals surface area (Å²) in [6.45, 7) is 4.68. The Labute approximate surface area is 146 Å². The Morgan fingerprint density at radius 1 is 1.25 bits per heavy atom. The first-order chi connectivity index (χ1) is 11.5. The van der Waals surface area contributed by atoms with Gasteiger partial charge in [0.2, 0.25) is 5.91 Å². The number of nitrogens with zero attached hydrogens (tertiary/aromatic N) is 1. The van der Waals surface area contributed by atoms with Crippen molar-refractivity contribution in [3.8, 4) is 0 Å². The third-order valence-electron chi connectivity index (χ3n) is 5.07. The summed E-state index contributed by atoms with van der Waals surface area (Å²) in [5.74, 6) is -0.0348. The van der Waals surface area contributed by atoms with E-state index in [2.05, 4.69) is 23.3 Å². The van der Waals surface area contributed by atoms with E-state index < -0.39 is 6.10 Å². The van der Waals surface area contributed by atoms with Gasteiger partial charge in [-0.2, -0.15) is 0 Å². The number of carbonyl (C=O) groups is 1. The zero-order valence-electron chi connectivity index (χ0n) is 15.3. The van der Waals surface area contributed by atoms with Gasteiger partial charge in [-0.1, -0.05) is 51.3 Å². The quantitative estimate of drug-likeness (QED) is 0.798. The molecule has 134 valence electrons. The van der Waals surface area contributed by atoms with Gasteiger partial charge >= 0.3 is 0 Å². The Kier molecular flexibility index (Phi) is 7.25. The number of nitrogens with one attached hydrogen (secondary N) is 1. The molecule has 1 unspecified atom stereocenters. The van der Waals surface area contributed by atoms with Crippen LogP contribution in [-0.2, 0) is 11.3 Å². The topological polar surface area (TPSA) is 52.6 Å². The molecule has 0 aromatic heterocycles. The van der Waals surface area contributed by atoms with Gasteiger partial charge in [0.05, 0.1) is 12.5 Å². The van der Waals surface area contributed by atoms with E-state index >= 15 is 0 Å². The third kappa shape index (κ3) is 5.60. The Balaban J connectivity index is 1.97. The second-order valence-electron chi connectivity index (χ2n) is 7.43. The molecule has 0 heterocycles. The molecular formula is C20H32N2O2. The minimum absolute atomic E-state index is 0.0865. The van der Waals surface area contributed by atoms with Crippen molar-refractivity contribution in [2.75, 3.05) is 12.4 Å². The van der Waals surface area contributed by atoms with Crippen molar-refractivity contribution in [1.29, 1.82) is 0 Å². The highest BCUT2D eigenvalue weighted by atomic mass is 16.3. The molecule has 1 aromatic rings. The molecule has 1 amide bonds. The molecule has 0 radical (unpaired) electrons. The van der Waals surface area contributed by atoms with E-state index in [4.69, 9.17) is 0 Å². The zero-order chi connectivity index (χ0) is 17.5. The molecule has 0 aliphatic heterocycles. The summed E-state index contributed by atoms with van der Waals surface area (Å²) in [5.41, 5.74) is 2.00. The lowest BCUT2D eigenvalue weighted by Crippen LogP contribution is -2.33. The van der Waals surface area contributed by atoms with Crippen LogP contribution in [0, 0.1) is 5.92 Å². The number of aliphatic hydroxyl groups is 1. The molecule has 1 aliphatic rings. The van der Waals surface area contributed by atoms with Crippen molar-refractivity contribution < 1.29 is 9.90 Å². The van der Waals surface area contributed by atoms with E-state index in [0.717, 1.165) is 17.8 Å². The van der Waals surface area contributed by atoms with Crippen LogP contribution in [-0.4, -0.2) is 35.1 Å². The molecule has 2 rings (SSSR count). The predicted molar refractivity (Wildman–Crippen MR) is 98.9 cm³/mol. The van der Waals surface area contributed by atoms with Crippen LogP contribution in [0.15, 0.2) is 24.3 Å². The summed E-state index contributed by atoms with van der Waals surface area (Å²) >= 11 is 0. The van der Waals surface area contributed by atoms with Gasteiger partial charge in [-0.15, -0.1) is 0 Å². The first-order valence-corrected chi connectivity index (χ1v) is 9.23. The molecule has 1 aromatic carbocycles. The molecule has 1 aliphatic carbocycles. The zero-order valence-corrected chi connectivity index (χ0v) is 15.3. The Morgan fingerprint density at radius 2 is 1.92 bits per heavy atom. The monoisotopic (exact) mass is 332 g/mol. The highest BCUT2D eigenvalue weighted by molar-refractivity contribution is 5.91. The SMILES string of the molecule is CC(C)C(O)CC(=O)Nc1ccccc1CN(C)C1CCCCC1. The Bertz CT molecular complexity index is 524. The molecule has 1 saturated carbocycles. The predicted octanol–water partition coefficient (Wildman–Crippen LogP) is 3.80. The number of hydrogen-bond donors (Lipinski definition) is 2. The van der Waals surface area contributed by atoms with Gasteiger partial charge in [0.15, 0.2) is 0 Å². The van der Waals surface area contributed by atoms with Crippen molar-refractivity contribution in [1.82, 2.24) is 4.90 Å². The molecule has 1 atom stereocenters. The summed E-state index contributed by atoms with van der Waals surface area (Å²) < 4.78 is 0. The number of benzene rings is 1. The summed E-state index contributed by atoms with van der Waals surface area (Å²) in [6, 6.07) is 8.63. The second-order valence-corrected chi connectivity index (χ2v) is 7.43. The maximum absolute atomic E-state index is 12.2. The average molecular weight is 332 g/mol. The van der Waals surface area contributed by atoms with Gasteiger partial charge in [0, 0.05) is 18.3 Å². The molecule has 0 spiro atoms. The third-order valence-corrected chi connectivity index (χ3v) is 5.07. The minimum atomic E-state index is -0.595. The van der Waals surface area contributed by atoms with Gasteiger partial charge in [-0.25, -0.2) is 0 Å². The van der Waals surface area contributed by atoms with Crippen LogP contribution in [0.3, 0.4) is 0 Å². The van der Waals surface area contributed by atoms with E-state index in [1.54, 1.807) is 0 Å². The van der Waals surface area contributed by atoms with E-state index in [0.29, 0.717) is 6.04 Å². The van der Waals surface area contributed by atoms with E-state index in [1.165, 1.54) is 32.1 Å². The van der Waals surface area contributed by atoms with Crippen LogP contribution in [0.2, 0.25) is 0 Å². The normalized spacial score (nSPS) is 17.2. The summed E-state index contributed by atoms with van der Waals surface area (Å²) in [5, 5.41) is 12.9. The molecule has 24 heavy (non-hydrogen) atoms. The van der Waals surface area contributed by atoms with E-state index in [1.807, 2.05) is 32.0 Å². The molecule has 0 saturated heterocycles. The van der Waals surface area contributed by atoms with Crippen LogP contribution in [0.4, 0.5) is 5.69 Å². The number of anilines is 1. The minimum Gasteiger partial charge on any atom is -0.392 e. The largest absolute Gasteiger partial charge is 0.392 e. The molecule has 1 fully saturated rings. The fourth-order valence-corrected chi connectivity index (χ4v) is 3.33. The smallest absolute Gasteiger partial charge is 0.226 e. The summed E-state index contributed by atoms with van der Waals surface area (Å²) in [7, 11) is 2.18. The van der Waals surface area contributed by atoms with Crippen LogP contribution in [0.1, 0.15) is 57.9 Å². The highest BCUT2D eigenvalue weighted by Gasteiger charge is 2.20. The standard InChI is InChI=1S/C20H32N2O2/c1-15(2)19(23)13-20(24)21-18-12-8-7-9-16(18)14-22(3)17-10-5-4-6-11-17/h7-9,12,15,17,19,23H,4-6,10-11,13-14H2,1-3H3,(H,21,24). The summed E-state index contributed by atoms with van der Waals surface area (Å²) in [6.07, 6.45) is 6.08. The van der Waals surface area contributed by atoms with Crippen molar-refractivity contribution >= 4 is 11.6 Å². The number of carbonyl (C=O) groups excluding carboxylic acids is 1. The highest BCUT2D eigenvalue weighted by Crippen LogP contribution is 2.25. The lowest BCUT2D eigenvalue weighted by atomic mass is 9.94. The molecular weight excluding hydrogens is 300 g/mol. The first-order valence-electron chi connectivity index (χ1n) is 9.23. The number of amides is 1. The molecule has 2 N–H and O–H groups in total. The van der Waals surface area contributed by atoms with Crippen molar-refractivity contribution in [3.63, 3.8) is 0 Å². The van der Waals surface area contributed by atoms with Gasteiger partial charge in [0.1, 0.15) is 0 Å². The van der Waals surface area contributed by atoms with Crippen LogP contribution >= 0.6 is 0 Å². The van der Waals surface area contributed by atoms with Crippen LogP contribution < -0.4 is 5.32 Å². The van der Waals surface area contributed by atoms with Crippen molar-refractivity contribution in [2.24, 2.45) is 5.92 Å². The van der Waals surface area contributed by atoms with E-state index in [9.17, 15) is 9.90 Å². The van der Waals surface area contributed by atoms with Gasteiger partial charge in [0.25, 0.3) is 0 Å². The number of aliphatic hydroxyl groups excluding tert-OH is 1. The fourth-order valence-electron chi connectivity index (χ4n) is 3.33. The van der Waals surface area contributed by atoms with E-state index in [-0.39, 0.29) is 18.2 Å². The first kappa shape index (κ1) is 18.9. The molecule has 0 bridgehead atoms. The molecule has 4 nitrogen and oxygen atoms in total. The lowest BCUT2D eigenvalue weighted by Gasteiger charge is -2.31. The average Bonchev–Trinajstić information content (AvgIpc) is 2.57. The van der Waals surface area contributed by atoms with Gasteiger partial charge in [-0.05, 0) is 37.4 Å². The lowest BCUT2D eigenvalue weighted by molar-refractivity contribution is -0.118. The summed E-state index contributed by atoms with van der Waals surface area (Å²) in [4.78, 5) is 14.6. The Hall–Kier alpha value is -1.39. The molecule has 4 heteroatoms. The number of para-hydroxylation sites is 1. The second kappa shape index (κ2) is 9.19. The van der Waals surface area contributed by atoms with Crippen molar-refractivity contribution in [2.45, 2.75) is 71.1 Å². The maximum Gasteiger partial charge on any atom is 0.226 e. The Morgan fingerprint density at radius 3 is 2.58 bits per heavy atom. The maximum atomic E-state index is 12.2. The number of hydrogen-bond acceptors (Lipinski definition) is 3. The fraction of sp³-hybridized carbons (Fsp3) is 0.650. The van der Waals surface area contributed by atoms with Crippen molar-refractivity contribution in [3.05, 3.63) is 29.8 Å². The number of rotatable bonds is 7. The van der Waals surface area contributed by atoms with Gasteiger partial charge < -0.3 is 10.4 Å². The van der Waals surface area contributed by atoms with Crippen LogP contribution in [0.25, 0.3) is 0 Å². The van der Waals surface area contributed by atoms with Crippen LogP contribution in [0.5, 0.6) is 0 Å². The van der Waals surface area contributed by atoms with Gasteiger partial charge in [-0.3, -0.25) is 9.69 Å².